The quantitative estimate of drug-likeness (QED) is 0.864. The Bertz CT molecular complexity index is 599. The Morgan fingerprint density at radius 2 is 1.89 bits per heavy atom. The van der Waals surface area contributed by atoms with Crippen LogP contribution in [0.2, 0.25) is 0 Å². The average molecular weight is 304 g/mol. The maximum Gasteiger partial charge on any atom is 0.252 e. The molecule has 0 aromatic heterocycles. The van der Waals surface area contributed by atoms with Gasteiger partial charge in [0.2, 0.25) is 0 Å². The van der Waals surface area contributed by atoms with E-state index in [1.165, 1.54) is 0 Å². The highest BCUT2D eigenvalue weighted by Crippen LogP contribution is 2.37. The molecule has 0 radical (unpaired) electrons. The summed E-state index contributed by atoms with van der Waals surface area (Å²) in [6.07, 6.45) is 2.13. The molecule has 92 valence electrons. The molecule has 3 rings (SSSR count). The van der Waals surface area contributed by atoms with Gasteiger partial charge in [0.05, 0.1) is 5.54 Å². The van der Waals surface area contributed by atoms with Crippen LogP contribution in [0.3, 0.4) is 0 Å². The smallest absolute Gasteiger partial charge is 0.252 e. The summed E-state index contributed by atoms with van der Waals surface area (Å²) in [6.45, 7) is 0. The van der Waals surface area contributed by atoms with Crippen molar-refractivity contribution < 1.29 is 4.79 Å². The van der Waals surface area contributed by atoms with E-state index in [4.69, 9.17) is 0 Å². The fourth-order valence-corrected chi connectivity index (χ4v) is 2.88. The number of fused-ring (bicyclic) bond motifs is 1. The summed E-state index contributed by atoms with van der Waals surface area (Å²) >= 11 is 3.47. The number of carbonyl (C=O) groups excluding carboxylic acids is 1. The molecular weight excluding hydrogens is 290 g/mol. The second kappa shape index (κ2) is 4.39. The number of halogens is 1. The third kappa shape index (κ3) is 2.03. The molecule has 1 saturated carbocycles. The highest BCUT2D eigenvalue weighted by atomic mass is 79.9. The van der Waals surface area contributed by atoms with Crippen molar-refractivity contribution in [2.75, 3.05) is 5.33 Å². The molecular formula is C15H14BrNO. The van der Waals surface area contributed by atoms with Crippen LogP contribution in [0.5, 0.6) is 0 Å². The van der Waals surface area contributed by atoms with E-state index in [9.17, 15) is 4.79 Å². The summed E-state index contributed by atoms with van der Waals surface area (Å²) in [5.41, 5.74) is 0.758. The van der Waals surface area contributed by atoms with Crippen LogP contribution in [0.25, 0.3) is 10.8 Å². The van der Waals surface area contributed by atoms with Crippen LogP contribution >= 0.6 is 15.9 Å². The van der Waals surface area contributed by atoms with Crippen LogP contribution < -0.4 is 5.32 Å². The van der Waals surface area contributed by atoms with Gasteiger partial charge in [-0.2, -0.15) is 0 Å². The SMILES string of the molecule is O=C(NC1(CBr)CC1)c1cccc2ccccc12. The molecule has 0 heterocycles. The fourth-order valence-electron chi connectivity index (χ4n) is 2.17. The lowest BCUT2D eigenvalue weighted by Gasteiger charge is -2.15. The summed E-state index contributed by atoms with van der Waals surface area (Å²) < 4.78 is 0. The van der Waals surface area contributed by atoms with Crippen LogP contribution in [0.15, 0.2) is 42.5 Å². The van der Waals surface area contributed by atoms with E-state index in [1.807, 2.05) is 42.5 Å². The van der Waals surface area contributed by atoms with Gasteiger partial charge in [-0.25, -0.2) is 0 Å². The van der Waals surface area contributed by atoms with Gasteiger partial charge >= 0.3 is 0 Å². The molecule has 1 amide bonds. The third-order valence-corrected chi connectivity index (χ3v) is 4.60. The van der Waals surface area contributed by atoms with Crippen molar-refractivity contribution in [3.8, 4) is 0 Å². The Kier molecular flexibility index (Phi) is 2.86. The summed E-state index contributed by atoms with van der Waals surface area (Å²) in [5, 5.41) is 6.09. The first-order valence-corrected chi connectivity index (χ1v) is 7.22. The number of carbonyl (C=O) groups is 1. The van der Waals surface area contributed by atoms with Gasteiger partial charge in [0.25, 0.3) is 5.91 Å². The zero-order chi connectivity index (χ0) is 12.6. The molecule has 0 aliphatic heterocycles. The molecule has 2 aromatic carbocycles. The lowest BCUT2D eigenvalue weighted by atomic mass is 10.0. The largest absolute Gasteiger partial charge is 0.346 e. The Balaban J connectivity index is 1.96. The second-order valence-electron chi connectivity index (χ2n) is 4.89. The van der Waals surface area contributed by atoms with Crippen LogP contribution in [0.4, 0.5) is 0 Å². The van der Waals surface area contributed by atoms with E-state index in [1.54, 1.807) is 0 Å². The van der Waals surface area contributed by atoms with E-state index >= 15 is 0 Å². The molecule has 2 nitrogen and oxygen atoms in total. The molecule has 0 bridgehead atoms. The molecule has 2 aromatic rings. The zero-order valence-corrected chi connectivity index (χ0v) is 11.5. The van der Waals surface area contributed by atoms with Gasteiger partial charge in [-0.1, -0.05) is 52.3 Å². The monoisotopic (exact) mass is 303 g/mol. The van der Waals surface area contributed by atoms with Crippen molar-refractivity contribution >= 4 is 32.6 Å². The molecule has 1 aliphatic rings. The number of amides is 1. The Morgan fingerprint density at radius 3 is 2.61 bits per heavy atom. The van der Waals surface area contributed by atoms with Crippen LogP contribution in [-0.4, -0.2) is 16.8 Å². The first-order chi connectivity index (χ1) is 8.74. The lowest BCUT2D eigenvalue weighted by molar-refractivity contribution is 0.0938. The molecule has 1 aliphatic carbocycles. The Labute approximate surface area is 115 Å². The highest BCUT2D eigenvalue weighted by Gasteiger charge is 2.43. The minimum absolute atomic E-state index is 0.00592. The van der Waals surface area contributed by atoms with Crippen molar-refractivity contribution in [1.29, 1.82) is 0 Å². The molecule has 1 N–H and O–H groups in total. The van der Waals surface area contributed by atoms with Crippen molar-refractivity contribution in [3.63, 3.8) is 0 Å². The number of benzene rings is 2. The number of hydrogen-bond donors (Lipinski definition) is 1. The number of nitrogens with one attached hydrogen (secondary N) is 1. The van der Waals surface area contributed by atoms with Gasteiger partial charge in [0.1, 0.15) is 0 Å². The van der Waals surface area contributed by atoms with E-state index < -0.39 is 0 Å². The second-order valence-corrected chi connectivity index (χ2v) is 5.46. The molecule has 3 heteroatoms. The minimum atomic E-state index is -0.00592. The van der Waals surface area contributed by atoms with Crippen molar-refractivity contribution in [3.05, 3.63) is 48.0 Å². The van der Waals surface area contributed by atoms with Gasteiger partial charge in [-0.3, -0.25) is 4.79 Å². The van der Waals surface area contributed by atoms with E-state index in [0.717, 1.165) is 34.5 Å². The summed E-state index contributed by atoms with van der Waals surface area (Å²) in [4.78, 5) is 12.3. The topological polar surface area (TPSA) is 29.1 Å². The van der Waals surface area contributed by atoms with Gasteiger partial charge in [0.15, 0.2) is 0 Å². The van der Waals surface area contributed by atoms with E-state index in [-0.39, 0.29) is 11.4 Å². The van der Waals surface area contributed by atoms with Crippen LogP contribution in [-0.2, 0) is 0 Å². The van der Waals surface area contributed by atoms with Crippen molar-refractivity contribution in [2.24, 2.45) is 0 Å². The minimum Gasteiger partial charge on any atom is -0.346 e. The first-order valence-electron chi connectivity index (χ1n) is 6.10. The normalized spacial score (nSPS) is 16.5. The first kappa shape index (κ1) is 11.7. The third-order valence-electron chi connectivity index (χ3n) is 3.52. The molecule has 0 saturated heterocycles. The summed E-state index contributed by atoms with van der Waals surface area (Å²) in [6, 6.07) is 13.8. The van der Waals surface area contributed by atoms with Crippen LogP contribution in [0.1, 0.15) is 23.2 Å². The molecule has 0 spiro atoms. The molecule has 0 atom stereocenters. The van der Waals surface area contributed by atoms with Crippen molar-refractivity contribution in [2.45, 2.75) is 18.4 Å². The maximum absolute atomic E-state index is 12.3. The van der Waals surface area contributed by atoms with Gasteiger partial charge < -0.3 is 5.32 Å². The number of hydrogen-bond acceptors (Lipinski definition) is 1. The van der Waals surface area contributed by atoms with Crippen molar-refractivity contribution in [1.82, 2.24) is 5.32 Å². The van der Waals surface area contributed by atoms with Crippen LogP contribution in [0, 0.1) is 0 Å². The fraction of sp³-hybridized carbons (Fsp3) is 0.267. The highest BCUT2D eigenvalue weighted by molar-refractivity contribution is 9.09. The van der Waals surface area contributed by atoms with E-state index in [2.05, 4.69) is 21.2 Å². The van der Waals surface area contributed by atoms with Gasteiger partial charge in [-0.15, -0.1) is 0 Å². The Hall–Kier alpha value is -1.35. The standard InChI is InChI=1S/C15H14BrNO/c16-10-15(8-9-15)17-14(18)13-7-3-5-11-4-1-2-6-12(11)13/h1-7H,8-10H2,(H,17,18). The Morgan fingerprint density at radius 1 is 1.17 bits per heavy atom. The number of rotatable bonds is 3. The predicted molar refractivity (Wildman–Crippen MR) is 77.2 cm³/mol. The predicted octanol–water partition coefficient (Wildman–Crippen LogP) is 3.50. The summed E-state index contributed by atoms with van der Waals surface area (Å²) in [7, 11) is 0. The average Bonchev–Trinajstić information content (AvgIpc) is 3.18. The van der Waals surface area contributed by atoms with Gasteiger partial charge in [-0.05, 0) is 29.7 Å². The van der Waals surface area contributed by atoms with Gasteiger partial charge in [0, 0.05) is 10.9 Å². The maximum atomic E-state index is 12.3. The number of alkyl halides is 1. The summed E-state index contributed by atoms with van der Waals surface area (Å²) in [5.74, 6) is 0.0313. The van der Waals surface area contributed by atoms with E-state index in [0.29, 0.717) is 0 Å². The molecule has 1 fully saturated rings. The molecule has 0 unspecified atom stereocenters. The molecule has 18 heavy (non-hydrogen) atoms. The zero-order valence-electron chi connectivity index (χ0n) is 9.95. The lowest BCUT2D eigenvalue weighted by Crippen LogP contribution is -2.38.